The normalized spacial score (nSPS) is 13.9. The molecule has 2 N–H and O–H groups in total. The van der Waals surface area contributed by atoms with E-state index in [0.29, 0.717) is 11.9 Å². The summed E-state index contributed by atoms with van der Waals surface area (Å²) >= 11 is 1.67. The molecule has 0 radical (unpaired) electrons. The molecule has 1 aromatic heterocycles. The topological polar surface area (TPSA) is 75.1 Å². The van der Waals surface area contributed by atoms with Gasteiger partial charge in [0.15, 0.2) is 0 Å². The first-order chi connectivity index (χ1) is 10.0. The number of nitrogens with zero attached hydrogens (tertiary/aromatic N) is 2. The number of fused-ring (bicyclic) bond motifs is 1. The molecule has 1 amide bonds. The minimum Gasteiger partial charge on any atom is -0.388 e. The minimum atomic E-state index is -0.914. The number of carbonyl (C=O) groups is 1. The van der Waals surface area contributed by atoms with Gasteiger partial charge in [-0.3, -0.25) is 9.78 Å². The highest BCUT2D eigenvalue weighted by atomic mass is 32.2. The van der Waals surface area contributed by atoms with Crippen molar-refractivity contribution in [1.82, 2.24) is 15.3 Å². The van der Waals surface area contributed by atoms with Gasteiger partial charge in [0.1, 0.15) is 5.69 Å². The van der Waals surface area contributed by atoms with Crippen LogP contribution in [0.4, 0.5) is 0 Å². The van der Waals surface area contributed by atoms with Gasteiger partial charge in [-0.05, 0) is 37.5 Å². The van der Waals surface area contributed by atoms with E-state index >= 15 is 0 Å². The Labute approximate surface area is 128 Å². The fourth-order valence-corrected chi connectivity index (χ4v) is 2.48. The highest BCUT2D eigenvalue weighted by Gasteiger charge is 2.21. The lowest BCUT2D eigenvalue weighted by molar-refractivity contribution is 0.0527. The molecule has 0 bridgehead atoms. The van der Waals surface area contributed by atoms with Gasteiger partial charge < -0.3 is 10.4 Å². The predicted octanol–water partition coefficient (Wildman–Crippen LogP) is 1.86. The zero-order valence-corrected chi connectivity index (χ0v) is 13.0. The van der Waals surface area contributed by atoms with E-state index in [0.717, 1.165) is 11.3 Å². The van der Waals surface area contributed by atoms with Gasteiger partial charge in [-0.25, -0.2) is 4.98 Å². The molecule has 1 atom stereocenters. The van der Waals surface area contributed by atoms with Crippen LogP contribution in [0.5, 0.6) is 0 Å². The second kappa shape index (κ2) is 6.87. The van der Waals surface area contributed by atoms with Crippen LogP contribution in [-0.2, 0) is 0 Å². The van der Waals surface area contributed by atoms with Crippen molar-refractivity contribution in [3.63, 3.8) is 0 Å². The van der Waals surface area contributed by atoms with Gasteiger partial charge in [-0.1, -0.05) is 12.1 Å². The van der Waals surface area contributed by atoms with E-state index in [4.69, 9.17) is 0 Å². The van der Waals surface area contributed by atoms with E-state index in [1.165, 1.54) is 6.20 Å². The standard InChI is InChI=1S/C15H19N3O2S/c1-15(20,7-8-21-2)10-17-14(19)13-9-16-11-5-3-4-6-12(11)18-13/h3-6,9,20H,7-8,10H2,1-2H3,(H,17,19)/t15-/m1/s1. The molecule has 0 aliphatic heterocycles. The Morgan fingerprint density at radius 3 is 2.81 bits per heavy atom. The molecule has 0 aliphatic rings. The van der Waals surface area contributed by atoms with Crippen LogP contribution in [0.15, 0.2) is 30.5 Å². The third-order valence-corrected chi connectivity index (χ3v) is 3.77. The Morgan fingerprint density at radius 2 is 2.10 bits per heavy atom. The van der Waals surface area contributed by atoms with Crippen molar-refractivity contribution in [1.29, 1.82) is 0 Å². The molecule has 0 fully saturated rings. The van der Waals surface area contributed by atoms with Crippen LogP contribution < -0.4 is 5.32 Å². The number of amides is 1. The lowest BCUT2D eigenvalue weighted by Gasteiger charge is -2.23. The minimum absolute atomic E-state index is 0.195. The van der Waals surface area contributed by atoms with Crippen molar-refractivity contribution in [2.24, 2.45) is 0 Å². The molecule has 0 aliphatic carbocycles. The number of rotatable bonds is 6. The maximum atomic E-state index is 12.1. The molecule has 112 valence electrons. The van der Waals surface area contributed by atoms with E-state index in [1.807, 2.05) is 30.5 Å². The molecule has 1 aromatic carbocycles. The lowest BCUT2D eigenvalue weighted by Crippen LogP contribution is -2.41. The van der Waals surface area contributed by atoms with Gasteiger partial charge in [-0.2, -0.15) is 11.8 Å². The summed E-state index contributed by atoms with van der Waals surface area (Å²) in [5.74, 6) is 0.524. The summed E-state index contributed by atoms with van der Waals surface area (Å²) in [6.07, 6.45) is 4.06. The van der Waals surface area contributed by atoms with Crippen molar-refractivity contribution >= 4 is 28.7 Å². The second-order valence-electron chi connectivity index (χ2n) is 5.17. The van der Waals surface area contributed by atoms with Crippen LogP contribution in [-0.4, -0.2) is 45.1 Å². The van der Waals surface area contributed by atoms with Gasteiger partial charge >= 0.3 is 0 Å². The zero-order valence-electron chi connectivity index (χ0n) is 12.2. The molecule has 0 saturated carbocycles. The molecule has 0 unspecified atom stereocenters. The number of carbonyl (C=O) groups excluding carboxylic acids is 1. The van der Waals surface area contributed by atoms with Crippen molar-refractivity contribution in [3.05, 3.63) is 36.2 Å². The van der Waals surface area contributed by atoms with Gasteiger partial charge in [0.25, 0.3) is 5.91 Å². The van der Waals surface area contributed by atoms with Crippen LogP contribution in [0, 0.1) is 0 Å². The largest absolute Gasteiger partial charge is 0.388 e. The van der Waals surface area contributed by atoms with E-state index in [2.05, 4.69) is 15.3 Å². The van der Waals surface area contributed by atoms with Gasteiger partial charge in [-0.15, -0.1) is 0 Å². The zero-order chi connectivity index (χ0) is 15.3. The fourth-order valence-electron chi connectivity index (χ4n) is 1.84. The third-order valence-electron chi connectivity index (χ3n) is 3.16. The Morgan fingerprint density at radius 1 is 1.38 bits per heavy atom. The number of nitrogens with one attached hydrogen (secondary N) is 1. The third kappa shape index (κ3) is 4.41. The number of para-hydroxylation sites is 2. The first kappa shape index (κ1) is 15.7. The van der Waals surface area contributed by atoms with Crippen molar-refractivity contribution in [2.75, 3.05) is 18.6 Å². The van der Waals surface area contributed by atoms with Crippen molar-refractivity contribution in [3.8, 4) is 0 Å². The molecule has 2 aromatic rings. The van der Waals surface area contributed by atoms with Gasteiger partial charge in [0, 0.05) is 6.54 Å². The van der Waals surface area contributed by atoms with Gasteiger partial charge in [0.05, 0.1) is 22.8 Å². The summed E-state index contributed by atoms with van der Waals surface area (Å²) in [7, 11) is 0. The fraction of sp³-hybridized carbons (Fsp3) is 0.400. The number of aliphatic hydroxyl groups is 1. The van der Waals surface area contributed by atoms with E-state index in [-0.39, 0.29) is 18.1 Å². The summed E-state index contributed by atoms with van der Waals surface area (Å²) < 4.78 is 0. The van der Waals surface area contributed by atoms with Crippen LogP contribution in [0.1, 0.15) is 23.8 Å². The predicted molar refractivity (Wildman–Crippen MR) is 85.5 cm³/mol. The maximum Gasteiger partial charge on any atom is 0.271 e. The Kier molecular flexibility index (Phi) is 5.14. The number of aromatic nitrogens is 2. The van der Waals surface area contributed by atoms with Crippen molar-refractivity contribution in [2.45, 2.75) is 18.9 Å². The Bertz CT molecular complexity index is 631. The van der Waals surface area contributed by atoms with Crippen LogP contribution in [0.3, 0.4) is 0 Å². The maximum absolute atomic E-state index is 12.1. The highest BCUT2D eigenvalue weighted by molar-refractivity contribution is 7.98. The Balaban J connectivity index is 2.02. The molecule has 21 heavy (non-hydrogen) atoms. The summed E-state index contributed by atoms with van der Waals surface area (Å²) in [5, 5.41) is 12.9. The summed E-state index contributed by atoms with van der Waals surface area (Å²) in [6, 6.07) is 7.39. The SMILES string of the molecule is CSCC[C@@](C)(O)CNC(=O)c1cnc2ccccc2n1. The molecule has 0 spiro atoms. The van der Waals surface area contributed by atoms with Crippen LogP contribution >= 0.6 is 11.8 Å². The quantitative estimate of drug-likeness (QED) is 0.852. The van der Waals surface area contributed by atoms with E-state index in [9.17, 15) is 9.90 Å². The van der Waals surface area contributed by atoms with E-state index < -0.39 is 5.60 Å². The molecule has 1 heterocycles. The number of hydrogen-bond acceptors (Lipinski definition) is 5. The average Bonchev–Trinajstić information content (AvgIpc) is 2.50. The molecule has 5 nitrogen and oxygen atoms in total. The monoisotopic (exact) mass is 305 g/mol. The van der Waals surface area contributed by atoms with Gasteiger partial charge in [0.2, 0.25) is 0 Å². The van der Waals surface area contributed by atoms with Crippen molar-refractivity contribution < 1.29 is 9.90 Å². The van der Waals surface area contributed by atoms with E-state index in [1.54, 1.807) is 18.7 Å². The molecular weight excluding hydrogens is 286 g/mol. The number of hydrogen-bond donors (Lipinski definition) is 2. The highest BCUT2D eigenvalue weighted by Crippen LogP contribution is 2.12. The smallest absolute Gasteiger partial charge is 0.271 e. The number of thioether (sulfide) groups is 1. The molecule has 0 saturated heterocycles. The second-order valence-corrected chi connectivity index (χ2v) is 6.15. The first-order valence-electron chi connectivity index (χ1n) is 6.73. The van der Waals surface area contributed by atoms with Crippen LogP contribution in [0.2, 0.25) is 0 Å². The van der Waals surface area contributed by atoms with Crippen LogP contribution in [0.25, 0.3) is 11.0 Å². The average molecular weight is 305 g/mol. The summed E-state index contributed by atoms with van der Waals surface area (Å²) in [5.41, 5.74) is 0.776. The molecule has 2 rings (SSSR count). The Hall–Kier alpha value is -1.66. The summed E-state index contributed by atoms with van der Waals surface area (Å²) in [4.78, 5) is 20.6. The molecular formula is C15H19N3O2S. The first-order valence-corrected chi connectivity index (χ1v) is 8.12. The molecule has 6 heteroatoms. The summed E-state index contributed by atoms with van der Waals surface area (Å²) in [6.45, 7) is 1.91. The number of benzene rings is 1. The lowest BCUT2D eigenvalue weighted by atomic mass is 10.0.